The summed E-state index contributed by atoms with van der Waals surface area (Å²) in [6.45, 7) is 1.85. The minimum Gasteiger partial charge on any atom is -0.332 e. The Bertz CT molecular complexity index is 958. The number of benzene rings is 2. The van der Waals surface area contributed by atoms with Crippen LogP contribution in [-0.4, -0.2) is 17.5 Å². The fourth-order valence-corrected chi connectivity index (χ4v) is 4.50. The van der Waals surface area contributed by atoms with E-state index in [1.54, 1.807) is 0 Å². The van der Waals surface area contributed by atoms with Crippen molar-refractivity contribution in [1.29, 1.82) is 0 Å². The van der Waals surface area contributed by atoms with E-state index in [0.717, 1.165) is 12.1 Å². The number of halogens is 3. The van der Waals surface area contributed by atoms with E-state index < -0.39 is 17.7 Å². The highest BCUT2D eigenvalue weighted by atomic mass is 19.2. The van der Waals surface area contributed by atoms with Crippen molar-refractivity contribution in [1.82, 2.24) is 5.32 Å². The van der Waals surface area contributed by atoms with Crippen LogP contribution >= 0.6 is 0 Å². The lowest BCUT2D eigenvalue weighted by molar-refractivity contribution is -0.183. The van der Waals surface area contributed by atoms with Gasteiger partial charge in [-0.1, -0.05) is 6.92 Å². The topological polar surface area (TPSA) is 70.2 Å². The second kappa shape index (κ2) is 6.79. The molecule has 0 saturated heterocycles. The van der Waals surface area contributed by atoms with Crippen LogP contribution in [0.3, 0.4) is 0 Å². The molecule has 8 heteroatoms. The fraction of sp³-hybridized carbons (Fsp3) is 0.333. The molecule has 2 aromatic rings. The summed E-state index contributed by atoms with van der Waals surface area (Å²) in [5, 5.41) is 8.16. The van der Waals surface area contributed by atoms with Crippen LogP contribution < -0.4 is 16.0 Å². The van der Waals surface area contributed by atoms with E-state index in [9.17, 15) is 22.8 Å². The van der Waals surface area contributed by atoms with Crippen LogP contribution in [0.4, 0.5) is 29.3 Å². The zero-order valence-electron chi connectivity index (χ0n) is 15.7. The molecule has 3 N–H and O–H groups in total. The first-order valence-electron chi connectivity index (χ1n) is 9.31. The average molecular weight is 403 g/mol. The molecule has 1 atom stereocenters. The number of anilines is 2. The molecule has 29 heavy (non-hydrogen) atoms. The maximum Gasteiger partial charge on any atom is 0.319 e. The minimum absolute atomic E-state index is 0.142. The molecule has 0 unspecified atom stereocenters. The molecule has 0 aromatic heterocycles. The van der Waals surface area contributed by atoms with Crippen molar-refractivity contribution in [2.75, 3.05) is 10.6 Å². The molecule has 3 aliphatic carbocycles. The minimum atomic E-state index is -1.03. The zero-order chi connectivity index (χ0) is 20.8. The first-order chi connectivity index (χ1) is 13.7. The van der Waals surface area contributed by atoms with Crippen LogP contribution in [0, 0.1) is 28.8 Å². The summed E-state index contributed by atoms with van der Waals surface area (Å²) in [4.78, 5) is 24.7. The van der Waals surface area contributed by atoms with Crippen LogP contribution in [0.2, 0.25) is 0 Å². The number of carbonyl (C=O) groups excluding carboxylic acids is 2. The fourth-order valence-electron chi connectivity index (χ4n) is 4.50. The summed E-state index contributed by atoms with van der Waals surface area (Å²) in [5.41, 5.74) is 0.162. The van der Waals surface area contributed by atoms with Crippen molar-refractivity contribution < 1.29 is 22.8 Å². The van der Waals surface area contributed by atoms with E-state index in [-0.39, 0.29) is 34.3 Å². The number of urea groups is 1. The predicted octanol–water partition coefficient (Wildman–Crippen LogP) is 4.42. The van der Waals surface area contributed by atoms with Crippen molar-refractivity contribution in [3.8, 4) is 0 Å². The second-order valence-electron chi connectivity index (χ2n) is 8.10. The summed E-state index contributed by atoms with van der Waals surface area (Å²) in [6, 6.07) is 8.23. The van der Waals surface area contributed by atoms with E-state index in [0.29, 0.717) is 24.9 Å². The Morgan fingerprint density at radius 3 is 2.14 bits per heavy atom. The normalized spacial score (nSPS) is 25.2. The largest absolute Gasteiger partial charge is 0.332 e. The van der Waals surface area contributed by atoms with Gasteiger partial charge in [-0.3, -0.25) is 4.79 Å². The Morgan fingerprint density at radius 2 is 1.52 bits per heavy atom. The van der Waals surface area contributed by atoms with Crippen LogP contribution in [0.1, 0.15) is 26.2 Å². The average Bonchev–Trinajstić information content (AvgIpc) is 2.61. The predicted molar refractivity (Wildman–Crippen MR) is 102 cm³/mol. The van der Waals surface area contributed by atoms with Gasteiger partial charge >= 0.3 is 6.03 Å². The molecule has 0 radical (unpaired) electrons. The first kappa shape index (κ1) is 19.3. The number of amides is 3. The van der Waals surface area contributed by atoms with Crippen molar-refractivity contribution >= 4 is 23.3 Å². The number of nitrogens with one attached hydrogen (secondary N) is 3. The van der Waals surface area contributed by atoms with Gasteiger partial charge in [0.1, 0.15) is 5.82 Å². The molecule has 2 bridgehead atoms. The summed E-state index contributed by atoms with van der Waals surface area (Å²) >= 11 is 0. The standard InChI is InChI=1S/C21H20F3N3O2/c1-12(18(28)25-14-4-2-13(22)3-5-14)20-9-21(10-20,11-20)27-19(29)26-15-6-7-16(23)17(24)8-15/h2-8,12H,9-11H2,1H3,(H,25,28)(H2,26,27,29)/t12-,20?,21?/m1/s1. The summed E-state index contributed by atoms with van der Waals surface area (Å²) in [6.07, 6.45) is 2.01. The van der Waals surface area contributed by atoms with Gasteiger partial charge in [0.05, 0.1) is 0 Å². The van der Waals surface area contributed by atoms with E-state index in [4.69, 9.17) is 0 Å². The lowest BCUT2D eigenvalue weighted by Gasteiger charge is -2.72. The van der Waals surface area contributed by atoms with Gasteiger partial charge in [0.25, 0.3) is 0 Å². The molecule has 0 heterocycles. The molecular weight excluding hydrogens is 383 g/mol. The van der Waals surface area contributed by atoms with Gasteiger partial charge in [-0.25, -0.2) is 18.0 Å². The third kappa shape index (κ3) is 3.54. The summed E-state index contributed by atoms with van der Waals surface area (Å²) in [7, 11) is 0. The smallest absolute Gasteiger partial charge is 0.319 e. The third-order valence-corrected chi connectivity index (χ3v) is 6.05. The van der Waals surface area contributed by atoms with E-state index in [2.05, 4.69) is 16.0 Å². The quantitative estimate of drug-likeness (QED) is 0.692. The van der Waals surface area contributed by atoms with Gasteiger partial charge in [-0.15, -0.1) is 0 Å². The highest BCUT2D eigenvalue weighted by Gasteiger charge is 2.71. The molecule has 3 fully saturated rings. The van der Waals surface area contributed by atoms with Crippen LogP contribution in [-0.2, 0) is 4.79 Å². The molecular formula is C21H20F3N3O2. The van der Waals surface area contributed by atoms with Crippen LogP contribution in [0.15, 0.2) is 42.5 Å². The highest BCUT2D eigenvalue weighted by molar-refractivity contribution is 5.94. The Hall–Kier alpha value is -3.03. The zero-order valence-corrected chi connectivity index (χ0v) is 15.7. The molecule has 3 amide bonds. The Morgan fingerprint density at radius 1 is 0.897 bits per heavy atom. The van der Waals surface area contributed by atoms with Crippen molar-refractivity contribution in [3.05, 3.63) is 59.9 Å². The SMILES string of the molecule is C[C@H](C(=O)Nc1ccc(F)cc1)C12CC(NC(=O)Nc3ccc(F)c(F)c3)(C1)C2. The Labute approximate surface area is 165 Å². The molecule has 152 valence electrons. The Balaban J connectivity index is 1.29. The maximum atomic E-state index is 13.2. The number of rotatable bonds is 5. The van der Waals surface area contributed by atoms with Crippen LogP contribution in [0.25, 0.3) is 0 Å². The van der Waals surface area contributed by atoms with Crippen molar-refractivity contribution in [2.24, 2.45) is 11.3 Å². The molecule has 3 aliphatic rings. The van der Waals surface area contributed by atoms with Crippen molar-refractivity contribution in [2.45, 2.75) is 31.7 Å². The molecule has 0 spiro atoms. The maximum absolute atomic E-state index is 13.2. The second-order valence-corrected chi connectivity index (χ2v) is 8.10. The van der Waals surface area contributed by atoms with Crippen molar-refractivity contribution in [3.63, 3.8) is 0 Å². The van der Waals surface area contributed by atoms with E-state index in [1.807, 2.05) is 6.92 Å². The van der Waals surface area contributed by atoms with Gasteiger partial charge in [0.15, 0.2) is 11.6 Å². The van der Waals surface area contributed by atoms with Gasteiger partial charge in [0.2, 0.25) is 5.91 Å². The van der Waals surface area contributed by atoms with Gasteiger partial charge in [-0.05, 0) is 61.1 Å². The van der Waals surface area contributed by atoms with Crippen LogP contribution in [0.5, 0.6) is 0 Å². The number of hydrogen-bond donors (Lipinski definition) is 3. The lowest BCUT2D eigenvalue weighted by Crippen LogP contribution is -2.77. The molecule has 0 aliphatic heterocycles. The number of carbonyl (C=O) groups is 2. The third-order valence-electron chi connectivity index (χ3n) is 6.05. The lowest BCUT2D eigenvalue weighted by atomic mass is 9.36. The monoisotopic (exact) mass is 403 g/mol. The van der Waals surface area contributed by atoms with Gasteiger partial charge in [0, 0.05) is 28.9 Å². The summed E-state index contributed by atoms with van der Waals surface area (Å²) < 4.78 is 39.2. The summed E-state index contributed by atoms with van der Waals surface area (Å²) in [5.74, 6) is -2.79. The number of hydrogen-bond acceptors (Lipinski definition) is 2. The Kier molecular flexibility index (Phi) is 4.52. The molecule has 5 nitrogen and oxygen atoms in total. The molecule has 3 saturated carbocycles. The highest BCUT2D eigenvalue weighted by Crippen LogP contribution is 2.70. The molecule has 2 aromatic carbocycles. The van der Waals surface area contributed by atoms with Gasteiger partial charge in [-0.2, -0.15) is 0 Å². The van der Waals surface area contributed by atoms with E-state index >= 15 is 0 Å². The van der Waals surface area contributed by atoms with Gasteiger partial charge < -0.3 is 16.0 Å². The first-order valence-corrected chi connectivity index (χ1v) is 9.31. The van der Waals surface area contributed by atoms with E-state index in [1.165, 1.54) is 30.3 Å². The molecule has 5 rings (SSSR count).